The Labute approximate surface area is 175 Å². The zero-order valence-electron chi connectivity index (χ0n) is 17.5. The Morgan fingerprint density at radius 1 is 1.21 bits per heavy atom. The molecule has 0 unspecified atom stereocenters. The number of nitrogens with one attached hydrogen (secondary N) is 1. The van der Waals surface area contributed by atoms with Crippen molar-refractivity contribution in [1.29, 1.82) is 0 Å². The van der Waals surface area contributed by atoms with Crippen LogP contribution in [0.15, 0.2) is 6.33 Å². The molecule has 1 fully saturated rings. The number of anilines is 2. The molecule has 0 aliphatic carbocycles. The van der Waals surface area contributed by atoms with E-state index in [0.717, 1.165) is 65.6 Å². The Balaban J connectivity index is 1.72. The van der Waals surface area contributed by atoms with Gasteiger partial charge in [-0.25, -0.2) is 15.0 Å². The summed E-state index contributed by atoms with van der Waals surface area (Å²) < 4.78 is 7.33. The van der Waals surface area contributed by atoms with Crippen LogP contribution in [0.4, 0.5) is 11.6 Å². The molecule has 0 saturated carbocycles. The van der Waals surface area contributed by atoms with Gasteiger partial charge in [0.25, 0.3) is 0 Å². The lowest BCUT2D eigenvalue weighted by Crippen LogP contribution is -2.33. The van der Waals surface area contributed by atoms with Crippen molar-refractivity contribution in [3.63, 3.8) is 0 Å². The molecule has 6 nitrogen and oxygen atoms in total. The van der Waals surface area contributed by atoms with E-state index in [-0.39, 0.29) is 5.60 Å². The molecule has 1 saturated heterocycles. The number of pyridine rings is 1. The zero-order valence-corrected chi connectivity index (χ0v) is 18.4. The van der Waals surface area contributed by atoms with Crippen molar-refractivity contribution in [1.82, 2.24) is 15.0 Å². The smallest absolute Gasteiger partial charge is 0.147 e. The highest BCUT2D eigenvalue weighted by Crippen LogP contribution is 2.44. The normalized spacial score (nSPS) is 18.5. The third-order valence-corrected chi connectivity index (χ3v) is 7.11. The number of unbranched alkanes of at least 4 members (excludes halogenated alkanes) is 1. The molecule has 154 valence electrons. The van der Waals surface area contributed by atoms with Crippen LogP contribution in [0.5, 0.6) is 0 Å². The van der Waals surface area contributed by atoms with Gasteiger partial charge in [0.15, 0.2) is 0 Å². The molecule has 0 bridgehead atoms. The molecule has 0 spiro atoms. The summed E-state index contributed by atoms with van der Waals surface area (Å²) in [5.41, 5.74) is 3.50. The molecule has 7 heteroatoms. The average molecular weight is 412 g/mol. The van der Waals surface area contributed by atoms with E-state index in [1.807, 2.05) is 0 Å². The summed E-state index contributed by atoms with van der Waals surface area (Å²) in [4.78, 5) is 17.9. The number of ether oxygens (including phenoxy) is 1. The van der Waals surface area contributed by atoms with Gasteiger partial charge in [0, 0.05) is 37.0 Å². The third kappa shape index (κ3) is 3.34. The number of rotatable bonds is 5. The number of thiophene rings is 1. The predicted octanol–water partition coefficient (Wildman–Crippen LogP) is 4.90. The molecule has 5 rings (SSSR count). The van der Waals surface area contributed by atoms with Crippen molar-refractivity contribution in [2.24, 2.45) is 0 Å². The van der Waals surface area contributed by atoms with Crippen molar-refractivity contribution in [3.05, 3.63) is 17.5 Å². The highest BCUT2D eigenvalue weighted by Gasteiger charge is 2.33. The molecule has 0 radical (unpaired) electrons. The number of nitrogens with zero attached hydrogens (tertiary/aromatic N) is 4. The first kappa shape index (κ1) is 19.0. The van der Waals surface area contributed by atoms with Gasteiger partial charge in [-0.15, -0.1) is 11.3 Å². The van der Waals surface area contributed by atoms with Crippen molar-refractivity contribution >= 4 is 43.4 Å². The molecule has 5 heterocycles. The largest absolute Gasteiger partial charge is 0.370 e. The van der Waals surface area contributed by atoms with E-state index < -0.39 is 0 Å². The number of hydrogen-bond donors (Lipinski definition) is 1. The van der Waals surface area contributed by atoms with Crippen molar-refractivity contribution in [3.8, 4) is 0 Å². The van der Waals surface area contributed by atoms with Crippen LogP contribution in [0.1, 0.15) is 57.6 Å². The minimum absolute atomic E-state index is 0.174. The van der Waals surface area contributed by atoms with Gasteiger partial charge >= 0.3 is 0 Å². The van der Waals surface area contributed by atoms with Crippen LogP contribution >= 0.6 is 11.3 Å². The van der Waals surface area contributed by atoms with E-state index in [9.17, 15) is 0 Å². The molecular formula is C22H29N5OS. The summed E-state index contributed by atoms with van der Waals surface area (Å²) in [5.74, 6) is 2.06. The lowest BCUT2D eigenvalue weighted by atomic mass is 9.90. The van der Waals surface area contributed by atoms with Crippen LogP contribution in [0, 0.1) is 0 Å². The zero-order chi connectivity index (χ0) is 20.0. The van der Waals surface area contributed by atoms with E-state index in [1.165, 1.54) is 29.4 Å². The quantitative estimate of drug-likeness (QED) is 0.602. The molecule has 1 N–H and O–H groups in total. The van der Waals surface area contributed by atoms with Gasteiger partial charge in [-0.3, -0.25) is 0 Å². The highest BCUT2D eigenvalue weighted by molar-refractivity contribution is 7.26. The first-order valence-corrected chi connectivity index (χ1v) is 11.6. The minimum atomic E-state index is -0.174. The van der Waals surface area contributed by atoms with E-state index in [4.69, 9.17) is 14.7 Å². The van der Waals surface area contributed by atoms with Crippen LogP contribution in [0.3, 0.4) is 0 Å². The summed E-state index contributed by atoms with van der Waals surface area (Å²) in [6.45, 7) is 10.3. The van der Waals surface area contributed by atoms with Gasteiger partial charge in [0.1, 0.15) is 22.8 Å². The molecule has 3 aromatic rings. The van der Waals surface area contributed by atoms with Gasteiger partial charge in [0.05, 0.1) is 22.4 Å². The Morgan fingerprint density at radius 3 is 2.83 bits per heavy atom. The number of fused-ring (bicyclic) bond motifs is 5. The Hall–Kier alpha value is -1.99. The fraction of sp³-hybridized carbons (Fsp3) is 0.591. The van der Waals surface area contributed by atoms with Gasteiger partial charge in [-0.2, -0.15) is 0 Å². The van der Waals surface area contributed by atoms with Gasteiger partial charge in [-0.05, 0) is 38.7 Å². The van der Waals surface area contributed by atoms with Crippen molar-refractivity contribution < 1.29 is 4.74 Å². The maximum Gasteiger partial charge on any atom is 0.147 e. The summed E-state index contributed by atoms with van der Waals surface area (Å²) >= 11 is 1.73. The fourth-order valence-corrected chi connectivity index (χ4v) is 5.61. The van der Waals surface area contributed by atoms with E-state index in [2.05, 4.69) is 36.0 Å². The number of aromatic nitrogens is 3. The monoisotopic (exact) mass is 411 g/mol. The van der Waals surface area contributed by atoms with Gasteiger partial charge < -0.3 is 15.0 Å². The topological polar surface area (TPSA) is 63.2 Å². The molecule has 29 heavy (non-hydrogen) atoms. The van der Waals surface area contributed by atoms with Gasteiger partial charge in [-0.1, -0.05) is 13.3 Å². The standard InChI is InChI=1S/C22H29N5OS/c1-4-5-8-23-19-18-17(24-13-25-19)16-14-11-22(2,3)28-12-15(14)20(26-21(16)29-18)27-9-6-7-10-27/h13H,4-12H2,1-3H3,(H,23,24,25). The maximum absolute atomic E-state index is 6.21. The average Bonchev–Trinajstić information content (AvgIpc) is 3.35. The summed E-state index contributed by atoms with van der Waals surface area (Å²) in [6.07, 6.45) is 7.35. The lowest BCUT2D eigenvalue weighted by Gasteiger charge is -2.34. The van der Waals surface area contributed by atoms with Crippen molar-refractivity contribution in [2.45, 2.75) is 65.1 Å². The number of hydrogen-bond acceptors (Lipinski definition) is 7. The van der Waals surface area contributed by atoms with Crippen LogP contribution in [0.2, 0.25) is 0 Å². The molecule has 0 aromatic carbocycles. The van der Waals surface area contributed by atoms with Crippen molar-refractivity contribution in [2.75, 3.05) is 29.9 Å². The lowest BCUT2D eigenvalue weighted by molar-refractivity contribution is -0.0395. The van der Waals surface area contributed by atoms with E-state index in [1.54, 1.807) is 17.7 Å². The van der Waals surface area contributed by atoms with Crippen LogP contribution in [-0.4, -0.2) is 40.2 Å². The first-order valence-electron chi connectivity index (χ1n) is 10.8. The summed E-state index contributed by atoms with van der Waals surface area (Å²) in [7, 11) is 0. The van der Waals surface area contributed by atoms with Gasteiger partial charge in [0.2, 0.25) is 0 Å². The SMILES string of the molecule is CCCCNc1ncnc2c1sc1nc(N3CCCC3)c3c(c12)CC(C)(C)OC3. The highest BCUT2D eigenvalue weighted by atomic mass is 32.1. The first-order chi connectivity index (χ1) is 14.1. The van der Waals surface area contributed by atoms with Crippen LogP contribution in [-0.2, 0) is 17.8 Å². The molecule has 3 aromatic heterocycles. The molecule has 2 aliphatic heterocycles. The van der Waals surface area contributed by atoms with E-state index in [0.29, 0.717) is 6.61 Å². The predicted molar refractivity (Wildman–Crippen MR) is 120 cm³/mol. The second kappa shape index (κ2) is 7.36. The summed E-state index contributed by atoms with van der Waals surface area (Å²) in [6, 6.07) is 0. The third-order valence-electron chi connectivity index (χ3n) is 6.03. The summed E-state index contributed by atoms with van der Waals surface area (Å²) in [5, 5.41) is 4.72. The molecular weight excluding hydrogens is 382 g/mol. The Kier molecular flexibility index (Phi) is 4.82. The Morgan fingerprint density at radius 2 is 2.03 bits per heavy atom. The molecule has 0 amide bonds. The second-order valence-electron chi connectivity index (χ2n) is 8.77. The molecule has 0 atom stereocenters. The molecule has 2 aliphatic rings. The van der Waals surface area contributed by atoms with E-state index >= 15 is 0 Å². The second-order valence-corrected chi connectivity index (χ2v) is 9.77. The minimum Gasteiger partial charge on any atom is -0.370 e. The van der Waals surface area contributed by atoms with Crippen LogP contribution in [0.25, 0.3) is 20.4 Å². The Bertz CT molecular complexity index is 1050. The fourth-order valence-electron chi connectivity index (χ4n) is 4.49. The van der Waals surface area contributed by atoms with Crippen LogP contribution < -0.4 is 10.2 Å². The maximum atomic E-state index is 6.21.